The molecule has 0 saturated heterocycles. The van der Waals surface area contributed by atoms with Gasteiger partial charge in [0.2, 0.25) is 5.88 Å². The molecule has 1 N–H and O–H groups in total. The summed E-state index contributed by atoms with van der Waals surface area (Å²) in [6, 6.07) is 0. The van der Waals surface area contributed by atoms with Gasteiger partial charge in [0, 0.05) is 13.7 Å². The zero-order valence-corrected chi connectivity index (χ0v) is 12.0. The standard InChI is InChI=1S/C11H18BrN3O2/c1-8(2)6-16-4-5-17-11-9(12)10(13-3)14-7-15-11/h7-8H,4-6H2,1-3H3,(H,13,14,15). The van der Waals surface area contributed by atoms with Crippen LogP contribution in [0.2, 0.25) is 0 Å². The molecule has 0 atom stereocenters. The maximum Gasteiger partial charge on any atom is 0.233 e. The average Bonchev–Trinajstić information content (AvgIpc) is 2.30. The predicted molar refractivity (Wildman–Crippen MR) is 70.4 cm³/mol. The maximum atomic E-state index is 5.50. The Labute approximate surface area is 110 Å². The van der Waals surface area contributed by atoms with E-state index in [1.165, 1.54) is 6.33 Å². The molecule has 0 radical (unpaired) electrons. The van der Waals surface area contributed by atoms with Crippen molar-refractivity contribution in [3.63, 3.8) is 0 Å². The molecular formula is C11H18BrN3O2. The minimum atomic E-state index is 0.478. The lowest BCUT2D eigenvalue weighted by Crippen LogP contribution is -2.11. The number of nitrogens with zero attached hydrogens (tertiary/aromatic N) is 2. The van der Waals surface area contributed by atoms with E-state index in [1.54, 1.807) is 7.05 Å². The summed E-state index contributed by atoms with van der Waals surface area (Å²) in [7, 11) is 1.79. The largest absolute Gasteiger partial charge is 0.474 e. The monoisotopic (exact) mass is 303 g/mol. The Morgan fingerprint density at radius 3 is 2.76 bits per heavy atom. The van der Waals surface area contributed by atoms with E-state index < -0.39 is 0 Å². The molecule has 0 aliphatic carbocycles. The van der Waals surface area contributed by atoms with Crippen molar-refractivity contribution in [3.8, 4) is 5.88 Å². The number of anilines is 1. The molecule has 5 nitrogen and oxygen atoms in total. The van der Waals surface area contributed by atoms with E-state index in [-0.39, 0.29) is 0 Å². The van der Waals surface area contributed by atoms with E-state index in [9.17, 15) is 0 Å². The first-order chi connectivity index (χ1) is 8.15. The molecule has 0 aliphatic heterocycles. The van der Waals surface area contributed by atoms with Gasteiger partial charge in [0.15, 0.2) is 0 Å². The summed E-state index contributed by atoms with van der Waals surface area (Å²) in [6.45, 7) is 6.01. The second-order valence-corrected chi connectivity index (χ2v) is 4.70. The Kier molecular flexibility index (Phi) is 6.21. The molecule has 1 aromatic rings. The summed E-state index contributed by atoms with van der Waals surface area (Å²) >= 11 is 3.38. The molecule has 17 heavy (non-hydrogen) atoms. The molecule has 0 saturated carbocycles. The molecule has 0 amide bonds. The van der Waals surface area contributed by atoms with Crippen molar-refractivity contribution in [1.82, 2.24) is 9.97 Å². The highest BCUT2D eigenvalue weighted by molar-refractivity contribution is 9.10. The number of halogens is 1. The van der Waals surface area contributed by atoms with Gasteiger partial charge in [0.25, 0.3) is 0 Å². The lowest BCUT2D eigenvalue weighted by atomic mass is 10.2. The van der Waals surface area contributed by atoms with Crippen LogP contribution in [0.15, 0.2) is 10.8 Å². The summed E-state index contributed by atoms with van der Waals surface area (Å²) in [5.41, 5.74) is 0. The quantitative estimate of drug-likeness (QED) is 0.784. The Bertz CT molecular complexity index is 347. The zero-order chi connectivity index (χ0) is 12.7. The minimum Gasteiger partial charge on any atom is -0.474 e. The lowest BCUT2D eigenvalue weighted by molar-refractivity contribution is 0.0804. The van der Waals surface area contributed by atoms with E-state index in [0.717, 1.165) is 11.1 Å². The number of aromatic nitrogens is 2. The van der Waals surface area contributed by atoms with Crippen molar-refractivity contribution < 1.29 is 9.47 Å². The summed E-state index contributed by atoms with van der Waals surface area (Å²) in [6.07, 6.45) is 1.46. The molecule has 0 spiro atoms. The van der Waals surface area contributed by atoms with Crippen LogP contribution in [-0.4, -0.2) is 36.8 Å². The van der Waals surface area contributed by atoms with Crippen LogP contribution >= 0.6 is 15.9 Å². The number of hydrogen-bond donors (Lipinski definition) is 1. The van der Waals surface area contributed by atoms with Gasteiger partial charge in [-0.15, -0.1) is 0 Å². The highest BCUT2D eigenvalue weighted by atomic mass is 79.9. The normalized spacial score (nSPS) is 10.6. The number of ether oxygens (including phenoxy) is 2. The molecule has 1 aromatic heterocycles. The predicted octanol–water partition coefficient (Wildman–Crippen LogP) is 2.33. The molecule has 0 aliphatic rings. The van der Waals surface area contributed by atoms with Crippen molar-refractivity contribution in [2.75, 3.05) is 32.2 Å². The highest BCUT2D eigenvalue weighted by Crippen LogP contribution is 2.27. The SMILES string of the molecule is CNc1ncnc(OCCOCC(C)C)c1Br. The third-order valence-electron chi connectivity index (χ3n) is 1.91. The van der Waals surface area contributed by atoms with Gasteiger partial charge >= 0.3 is 0 Å². The van der Waals surface area contributed by atoms with Crippen LogP contribution in [0, 0.1) is 5.92 Å². The first kappa shape index (κ1) is 14.2. The zero-order valence-electron chi connectivity index (χ0n) is 10.4. The first-order valence-electron chi connectivity index (χ1n) is 5.54. The van der Waals surface area contributed by atoms with Gasteiger partial charge in [-0.3, -0.25) is 0 Å². The van der Waals surface area contributed by atoms with Gasteiger partial charge in [-0.25, -0.2) is 9.97 Å². The van der Waals surface area contributed by atoms with Crippen LogP contribution in [0.3, 0.4) is 0 Å². The van der Waals surface area contributed by atoms with Gasteiger partial charge in [-0.2, -0.15) is 0 Å². The number of rotatable bonds is 7. The molecule has 0 aromatic carbocycles. The molecule has 1 rings (SSSR count). The van der Waals surface area contributed by atoms with Gasteiger partial charge in [-0.05, 0) is 21.8 Å². The smallest absolute Gasteiger partial charge is 0.233 e. The van der Waals surface area contributed by atoms with Crippen LogP contribution in [0.1, 0.15) is 13.8 Å². The molecule has 0 fully saturated rings. The van der Waals surface area contributed by atoms with E-state index >= 15 is 0 Å². The van der Waals surface area contributed by atoms with Crippen molar-refractivity contribution in [2.24, 2.45) is 5.92 Å². The summed E-state index contributed by atoms with van der Waals surface area (Å²) < 4.78 is 11.6. The van der Waals surface area contributed by atoms with Crippen molar-refractivity contribution in [1.29, 1.82) is 0 Å². The third-order valence-corrected chi connectivity index (χ3v) is 2.63. The second kappa shape index (κ2) is 7.45. The topological polar surface area (TPSA) is 56.3 Å². The lowest BCUT2D eigenvalue weighted by Gasteiger charge is -2.10. The third kappa shape index (κ3) is 4.87. The maximum absolute atomic E-state index is 5.50. The fourth-order valence-electron chi connectivity index (χ4n) is 1.14. The summed E-state index contributed by atoms with van der Waals surface area (Å²) in [5, 5.41) is 2.94. The number of hydrogen-bond acceptors (Lipinski definition) is 5. The van der Waals surface area contributed by atoms with Crippen LogP contribution in [0.4, 0.5) is 5.82 Å². The van der Waals surface area contributed by atoms with Gasteiger partial charge in [0.1, 0.15) is 23.2 Å². The fraction of sp³-hybridized carbons (Fsp3) is 0.636. The fourth-order valence-corrected chi connectivity index (χ4v) is 1.66. The van der Waals surface area contributed by atoms with Crippen LogP contribution < -0.4 is 10.1 Å². The summed E-state index contributed by atoms with van der Waals surface area (Å²) in [4.78, 5) is 8.09. The van der Waals surface area contributed by atoms with Crippen LogP contribution in [0.25, 0.3) is 0 Å². The van der Waals surface area contributed by atoms with E-state index in [2.05, 4.69) is 45.1 Å². The van der Waals surface area contributed by atoms with Crippen molar-refractivity contribution in [2.45, 2.75) is 13.8 Å². The van der Waals surface area contributed by atoms with E-state index in [4.69, 9.17) is 9.47 Å². The minimum absolute atomic E-state index is 0.478. The van der Waals surface area contributed by atoms with E-state index in [1.807, 2.05) is 0 Å². The molecule has 1 heterocycles. The molecular weight excluding hydrogens is 286 g/mol. The van der Waals surface area contributed by atoms with Crippen molar-refractivity contribution in [3.05, 3.63) is 10.8 Å². The Hall–Kier alpha value is -0.880. The Morgan fingerprint density at radius 1 is 1.35 bits per heavy atom. The highest BCUT2D eigenvalue weighted by Gasteiger charge is 2.08. The van der Waals surface area contributed by atoms with Crippen LogP contribution in [0.5, 0.6) is 5.88 Å². The Balaban J connectivity index is 2.36. The first-order valence-corrected chi connectivity index (χ1v) is 6.33. The second-order valence-electron chi connectivity index (χ2n) is 3.91. The molecule has 96 valence electrons. The Morgan fingerprint density at radius 2 is 2.12 bits per heavy atom. The number of nitrogens with one attached hydrogen (secondary N) is 1. The molecule has 6 heteroatoms. The summed E-state index contributed by atoms with van der Waals surface area (Å²) in [5.74, 6) is 1.77. The molecule has 0 bridgehead atoms. The van der Waals surface area contributed by atoms with Gasteiger partial charge in [0.05, 0.1) is 6.61 Å². The van der Waals surface area contributed by atoms with Crippen molar-refractivity contribution >= 4 is 21.7 Å². The van der Waals surface area contributed by atoms with E-state index in [0.29, 0.717) is 30.8 Å². The average molecular weight is 304 g/mol. The molecule has 0 unspecified atom stereocenters. The van der Waals surface area contributed by atoms with Crippen LogP contribution in [-0.2, 0) is 4.74 Å². The van der Waals surface area contributed by atoms with Gasteiger partial charge < -0.3 is 14.8 Å². The van der Waals surface area contributed by atoms with Gasteiger partial charge in [-0.1, -0.05) is 13.8 Å².